The average Bonchev–Trinajstić information content (AvgIpc) is 2.91. The Bertz CT molecular complexity index is 326. The molecule has 96 valence electrons. The lowest BCUT2D eigenvalue weighted by molar-refractivity contribution is -0.127. The van der Waals surface area contributed by atoms with Gasteiger partial charge in [-0.25, -0.2) is 0 Å². The highest BCUT2D eigenvalue weighted by molar-refractivity contribution is 5.80. The second-order valence-electron chi connectivity index (χ2n) is 5.76. The summed E-state index contributed by atoms with van der Waals surface area (Å²) in [6, 6.07) is 0. The molecule has 2 aliphatic carbocycles. The van der Waals surface area contributed by atoms with Crippen LogP contribution in [-0.2, 0) is 4.79 Å². The quantitative estimate of drug-likeness (QED) is 0.717. The van der Waals surface area contributed by atoms with Gasteiger partial charge in [-0.05, 0) is 44.4 Å². The third-order valence-corrected chi connectivity index (χ3v) is 4.48. The maximum absolute atomic E-state index is 12.3. The summed E-state index contributed by atoms with van der Waals surface area (Å²) in [5, 5.41) is 12.2. The number of aliphatic hydroxyl groups is 1. The predicted octanol–water partition coefficient (Wildman–Crippen LogP) is 1.87. The molecule has 0 aliphatic heterocycles. The van der Waals surface area contributed by atoms with Crippen LogP contribution in [0.25, 0.3) is 0 Å². The summed E-state index contributed by atoms with van der Waals surface area (Å²) >= 11 is 0. The zero-order chi connectivity index (χ0) is 12.5. The van der Waals surface area contributed by atoms with E-state index in [4.69, 9.17) is 5.11 Å². The number of amides is 1. The second kappa shape index (κ2) is 4.81. The van der Waals surface area contributed by atoms with Gasteiger partial charge in [0.1, 0.15) is 0 Å². The Morgan fingerprint density at radius 1 is 1.47 bits per heavy atom. The first kappa shape index (κ1) is 12.6. The van der Waals surface area contributed by atoms with Crippen LogP contribution in [-0.4, -0.2) is 23.2 Å². The van der Waals surface area contributed by atoms with Crippen LogP contribution < -0.4 is 5.32 Å². The molecule has 3 nitrogen and oxygen atoms in total. The summed E-state index contributed by atoms with van der Waals surface area (Å²) in [6.45, 7) is 4.20. The molecule has 4 atom stereocenters. The van der Waals surface area contributed by atoms with Gasteiger partial charge in [0.2, 0.25) is 5.91 Å². The number of aliphatic hydroxyl groups excluding tert-OH is 1. The second-order valence-corrected chi connectivity index (χ2v) is 5.76. The Kier molecular flexibility index (Phi) is 3.57. The summed E-state index contributed by atoms with van der Waals surface area (Å²) in [6.07, 6.45) is 8.10. The Morgan fingerprint density at radius 3 is 2.71 bits per heavy atom. The van der Waals surface area contributed by atoms with E-state index in [0.29, 0.717) is 18.3 Å². The number of hydrogen-bond acceptors (Lipinski definition) is 2. The van der Waals surface area contributed by atoms with Crippen LogP contribution in [0, 0.1) is 17.8 Å². The third-order valence-electron chi connectivity index (χ3n) is 4.48. The predicted molar refractivity (Wildman–Crippen MR) is 67.4 cm³/mol. The van der Waals surface area contributed by atoms with E-state index in [1.54, 1.807) is 0 Å². The maximum Gasteiger partial charge on any atom is 0.224 e. The Morgan fingerprint density at radius 2 is 2.24 bits per heavy atom. The monoisotopic (exact) mass is 237 g/mol. The molecule has 0 heterocycles. The molecule has 0 aromatic carbocycles. The van der Waals surface area contributed by atoms with E-state index in [0.717, 1.165) is 19.3 Å². The number of allylic oxidation sites excluding steroid dienone is 2. The van der Waals surface area contributed by atoms with Crippen LogP contribution in [0.2, 0.25) is 0 Å². The first-order valence-corrected chi connectivity index (χ1v) is 6.69. The molecule has 2 bridgehead atoms. The zero-order valence-electron chi connectivity index (χ0n) is 10.8. The van der Waals surface area contributed by atoms with E-state index in [-0.39, 0.29) is 24.0 Å². The van der Waals surface area contributed by atoms with Crippen molar-refractivity contribution in [1.82, 2.24) is 5.32 Å². The summed E-state index contributed by atoms with van der Waals surface area (Å²) < 4.78 is 0. The Labute approximate surface area is 103 Å². The number of hydrogen-bond donors (Lipinski definition) is 2. The minimum Gasteiger partial charge on any atom is -0.396 e. The lowest BCUT2D eigenvalue weighted by Crippen LogP contribution is -2.49. The summed E-state index contributed by atoms with van der Waals surface area (Å²) in [7, 11) is 0. The van der Waals surface area contributed by atoms with Gasteiger partial charge in [0, 0.05) is 18.1 Å². The van der Waals surface area contributed by atoms with Gasteiger partial charge in [0.15, 0.2) is 0 Å². The van der Waals surface area contributed by atoms with E-state index < -0.39 is 0 Å². The molecular weight excluding hydrogens is 214 g/mol. The van der Waals surface area contributed by atoms with Gasteiger partial charge in [-0.1, -0.05) is 19.1 Å². The fourth-order valence-electron chi connectivity index (χ4n) is 3.05. The maximum atomic E-state index is 12.3. The SMILES string of the molecule is CCC(C)(CCO)NC(=O)C1CC2C=CC1C2. The van der Waals surface area contributed by atoms with E-state index in [2.05, 4.69) is 24.4 Å². The van der Waals surface area contributed by atoms with E-state index >= 15 is 0 Å². The topological polar surface area (TPSA) is 49.3 Å². The number of rotatable bonds is 5. The lowest BCUT2D eigenvalue weighted by atomic mass is 9.89. The molecule has 1 fully saturated rings. The summed E-state index contributed by atoms with van der Waals surface area (Å²) in [4.78, 5) is 12.3. The van der Waals surface area contributed by atoms with Crippen molar-refractivity contribution < 1.29 is 9.90 Å². The minimum absolute atomic E-state index is 0.126. The number of carbonyl (C=O) groups is 1. The van der Waals surface area contributed by atoms with Crippen LogP contribution >= 0.6 is 0 Å². The van der Waals surface area contributed by atoms with Gasteiger partial charge in [0.25, 0.3) is 0 Å². The molecule has 0 aromatic rings. The van der Waals surface area contributed by atoms with Crippen molar-refractivity contribution in [2.24, 2.45) is 17.8 Å². The van der Waals surface area contributed by atoms with Gasteiger partial charge >= 0.3 is 0 Å². The average molecular weight is 237 g/mol. The molecule has 3 heteroatoms. The third kappa shape index (κ3) is 2.54. The van der Waals surface area contributed by atoms with E-state index in [9.17, 15) is 4.79 Å². The van der Waals surface area contributed by atoms with Gasteiger partial charge in [-0.15, -0.1) is 0 Å². The highest BCUT2D eigenvalue weighted by Gasteiger charge is 2.41. The molecule has 2 rings (SSSR count). The van der Waals surface area contributed by atoms with Crippen molar-refractivity contribution in [1.29, 1.82) is 0 Å². The van der Waals surface area contributed by atoms with Gasteiger partial charge in [0.05, 0.1) is 0 Å². The van der Waals surface area contributed by atoms with Crippen molar-refractivity contribution in [3.05, 3.63) is 12.2 Å². The molecule has 0 saturated heterocycles. The molecule has 4 unspecified atom stereocenters. The first-order valence-electron chi connectivity index (χ1n) is 6.69. The molecular formula is C14H23NO2. The summed E-state index contributed by atoms with van der Waals surface area (Å²) in [5.74, 6) is 1.42. The zero-order valence-corrected chi connectivity index (χ0v) is 10.8. The fourth-order valence-corrected chi connectivity index (χ4v) is 3.05. The normalized spacial score (nSPS) is 33.7. The standard InChI is InChI=1S/C14H23NO2/c1-3-14(2,6-7-16)15-13(17)12-9-10-4-5-11(12)8-10/h4-5,10-12,16H,3,6-9H2,1-2H3,(H,15,17). The van der Waals surface area contributed by atoms with Crippen molar-refractivity contribution in [3.8, 4) is 0 Å². The summed E-state index contributed by atoms with van der Waals surface area (Å²) in [5.41, 5.74) is -0.253. The molecule has 0 radical (unpaired) electrons. The smallest absolute Gasteiger partial charge is 0.224 e. The van der Waals surface area contributed by atoms with Crippen LogP contribution in [0.4, 0.5) is 0 Å². The van der Waals surface area contributed by atoms with Crippen LogP contribution in [0.3, 0.4) is 0 Å². The molecule has 2 N–H and O–H groups in total. The number of fused-ring (bicyclic) bond motifs is 2. The number of nitrogens with one attached hydrogen (secondary N) is 1. The molecule has 0 aromatic heterocycles. The van der Waals surface area contributed by atoms with Gasteiger partial charge in [-0.2, -0.15) is 0 Å². The molecule has 2 aliphatic rings. The molecule has 17 heavy (non-hydrogen) atoms. The Hall–Kier alpha value is -0.830. The highest BCUT2D eigenvalue weighted by atomic mass is 16.3. The fraction of sp³-hybridized carbons (Fsp3) is 0.786. The van der Waals surface area contributed by atoms with Gasteiger partial charge < -0.3 is 10.4 Å². The molecule has 1 amide bonds. The van der Waals surface area contributed by atoms with Crippen molar-refractivity contribution in [2.75, 3.05) is 6.61 Å². The largest absolute Gasteiger partial charge is 0.396 e. The van der Waals surface area contributed by atoms with E-state index in [1.807, 2.05) is 6.92 Å². The minimum atomic E-state index is -0.253. The van der Waals surface area contributed by atoms with Crippen molar-refractivity contribution in [2.45, 2.75) is 45.1 Å². The van der Waals surface area contributed by atoms with Crippen molar-refractivity contribution >= 4 is 5.91 Å². The van der Waals surface area contributed by atoms with Crippen molar-refractivity contribution in [3.63, 3.8) is 0 Å². The van der Waals surface area contributed by atoms with Crippen LogP contribution in [0.1, 0.15) is 39.5 Å². The highest BCUT2D eigenvalue weighted by Crippen LogP contribution is 2.43. The van der Waals surface area contributed by atoms with Crippen LogP contribution in [0.5, 0.6) is 0 Å². The molecule has 1 saturated carbocycles. The van der Waals surface area contributed by atoms with E-state index in [1.165, 1.54) is 0 Å². The first-order chi connectivity index (χ1) is 8.08. The lowest BCUT2D eigenvalue weighted by Gasteiger charge is -2.31. The Balaban J connectivity index is 1.94. The number of carbonyl (C=O) groups excluding carboxylic acids is 1. The van der Waals surface area contributed by atoms with Gasteiger partial charge in [-0.3, -0.25) is 4.79 Å². The molecule has 0 spiro atoms. The van der Waals surface area contributed by atoms with Crippen LogP contribution in [0.15, 0.2) is 12.2 Å².